The Bertz CT molecular complexity index is 697. The second kappa shape index (κ2) is 5.61. The fraction of sp³-hybridized carbons (Fsp3) is 0.357. The van der Waals surface area contributed by atoms with Crippen molar-refractivity contribution in [3.8, 4) is 12.3 Å². The fourth-order valence-electron chi connectivity index (χ4n) is 2.16. The molecule has 2 aromatic rings. The number of hydrogen-bond acceptors (Lipinski definition) is 4. The zero-order valence-corrected chi connectivity index (χ0v) is 11.5. The summed E-state index contributed by atoms with van der Waals surface area (Å²) in [5, 5.41) is 17.5. The van der Waals surface area contributed by atoms with Gasteiger partial charge in [-0.3, -0.25) is 4.68 Å². The lowest BCUT2D eigenvalue weighted by Gasteiger charge is -2.10. The summed E-state index contributed by atoms with van der Waals surface area (Å²) < 4.78 is 1.64. The Labute approximate surface area is 116 Å². The van der Waals surface area contributed by atoms with Gasteiger partial charge in [0.2, 0.25) is 0 Å². The monoisotopic (exact) mass is 272 g/mol. The molecule has 6 heteroatoms. The minimum atomic E-state index is -1.01. The van der Waals surface area contributed by atoms with Gasteiger partial charge in [0.1, 0.15) is 5.56 Å². The van der Waals surface area contributed by atoms with E-state index < -0.39 is 5.97 Å². The molecule has 0 aliphatic rings. The first kappa shape index (κ1) is 13.9. The Kier molecular flexibility index (Phi) is 3.89. The molecule has 0 unspecified atom stereocenters. The average Bonchev–Trinajstić information content (AvgIpc) is 2.70. The number of pyridine rings is 1. The number of carboxylic acids is 1. The topological polar surface area (TPSA) is 80.0 Å². The molecule has 0 amide bonds. The van der Waals surface area contributed by atoms with Crippen molar-refractivity contribution in [1.82, 2.24) is 14.8 Å². The van der Waals surface area contributed by atoms with E-state index in [2.05, 4.69) is 21.3 Å². The van der Waals surface area contributed by atoms with Gasteiger partial charge < -0.3 is 10.4 Å². The van der Waals surface area contributed by atoms with Crippen LogP contribution < -0.4 is 5.32 Å². The highest BCUT2D eigenvalue weighted by Gasteiger charge is 2.18. The zero-order chi connectivity index (χ0) is 14.7. The minimum absolute atomic E-state index is 0.148. The summed E-state index contributed by atoms with van der Waals surface area (Å²) in [6.45, 7) is 2.44. The maximum Gasteiger partial charge on any atom is 0.339 e. The third-order valence-electron chi connectivity index (χ3n) is 3.06. The first-order chi connectivity index (χ1) is 9.56. The van der Waals surface area contributed by atoms with Gasteiger partial charge in [-0.2, -0.15) is 5.10 Å². The molecule has 0 saturated heterocycles. The van der Waals surface area contributed by atoms with E-state index in [1.165, 1.54) is 6.20 Å². The summed E-state index contributed by atoms with van der Waals surface area (Å²) >= 11 is 0. The molecule has 20 heavy (non-hydrogen) atoms. The van der Waals surface area contributed by atoms with Gasteiger partial charge in [-0.25, -0.2) is 9.78 Å². The van der Waals surface area contributed by atoms with Crippen molar-refractivity contribution in [3.63, 3.8) is 0 Å². The predicted molar refractivity (Wildman–Crippen MR) is 76.8 cm³/mol. The van der Waals surface area contributed by atoms with Crippen molar-refractivity contribution in [3.05, 3.63) is 17.5 Å². The van der Waals surface area contributed by atoms with Crippen LogP contribution in [-0.4, -0.2) is 32.4 Å². The van der Waals surface area contributed by atoms with Gasteiger partial charge in [0.05, 0.1) is 16.8 Å². The van der Waals surface area contributed by atoms with E-state index in [-0.39, 0.29) is 5.56 Å². The molecule has 0 aliphatic heterocycles. The molecular formula is C14H16N4O2. The lowest BCUT2D eigenvalue weighted by atomic mass is 10.1. The number of carbonyl (C=O) groups is 1. The number of nitrogens with zero attached hydrogens (tertiary/aromatic N) is 3. The van der Waals surface area contributed by atoms with Crippen molar-refractivity contribution >= 4 is 22.7 Å². The van der Waals surface area contributed by atoms with Gasteiger partial charge in [0, 0.05) is 26.2 Å². The van der Waals surface area contributed by atoms with E-state index in [4.69, 9.17) is 6.42 Å². The van der Waals surface area contributed by atoms with E-state index in [1.54, 1.807) is 11.7 Å². The molecule has 0 spiro atoms. The number of carboxylic acid groups (broad SMARTS) is 1. The highest BCUT2D eigenvalue weighted by Crippen LogP contribution is 2.28. The third-order valence-corrected chi connectivity index (χ3v) is 3.06. The van der Waals surface area contributed by atoms with Crippen molar-refractivity contribution < 1.29 is 9.90 Å². The lowest BCUT2D eigenvalue weighted by molar-refractivity contribution is 0.0697. The molecule has 0 saturated carbocycles. The second-order valence-corrected chi connectivity index (χ2v) is 4.49. The maximum absolute atomic E-state index is 11.3. The van der Waals surface area contributed by atoms with Gasteiger partial charge in [-0.1, -0.05) is 0 Å². The van der Waals surface area contributed by atoms with E-state index in [9.17, 15) is 9.90 Å². The van der Waals surface area contributed by atoms with Gasteiger partial charge in [-0.15, -0.1) is 12.3 Å². The molecule has 0 bridgehead atoms. The Balaban J connectivity index is 2.49. The molecule has 6 nitrogen and oxygen atoms in total. The van der Waals surface area contributed by atoms with Crippen LogP contribution in [0.5, 0.6) is 0 Å². The molecule has 0 aliphatic carbocycles. The van der Waals surface area contributed by atoms with Crippen molar-refractivity contribution in [2.75, 3.05) is 11.9 Å². The first-order valence-electron chi connectivity index (χ1n) is 6.29. The van der Waals surface area contributed by atoms with Crippen LogP contribution in [0.4, 0.5) is 5.69 Å². The molecular weight excluding hydrogens is 256 g/mol. The largest absolute Gasteiger partial charge is 0.478 e. The summed E-state index contributed by atoms with van der Waals surface area (Å²) in [5.74, 6) is 1.55. The van der Waals surface area contributed by atoms with E-state index in [1.807, 2.05) is 6.92 Å². The molecule has 0 fully saturated rings. The number of unbranched alkanes of at least 4 members (excludes halogenated alkanes) is 1. The number of anilines is 1. The average molecular weight is 272 g/mol. The van der Waals surface area contributed by atoms with Crippen LogP contribution in [0.15, 0.2) is 6.20 Å². The van der Waals surface area contributed by atoms with Crippen LogP contribution in [-0.2, 0) is 7.05 Å². The number of aromatic nitrogens is 3. The summed E-state index contributed by atoms with van der Waals surface area (Å²) in [7, 11) is 1.78. The van der Waals surface area contributed by atoms with Gasteiger partial charge in [0.15, 0.2) is 5.65 Å². The Morgan fingerprint density at radius 3 is 3.00 bits per heavy atom. The number of aryl methyl sites for hydroxylation is 2. The van der Waals surface area contributed by atoms with E-state index in [0.29, 0.717) is 24.3 Å². The molecule has 2 N–H and O–H groups in total. The summed E-state index contributed by atoms with van der Waals surface area (Å²) in [6, 6.07) is 0. The number of nitrogens with one attached hydrogen (secondary N) is 1. The summed E-state index contributed by atoms with van der Waals surface area (Å²) in [6.07, 6.45) is 7.99. The van der Waals surface area contributed by atoms with Crippen LogP contribution in [0.2, 0.25) is 0 Å². The van der Waals surface area contributed by atoms with Crippen molar-refractivity contribution in [2.45, 2.75) is 19.8 Å². The Morgan fingerprint density at radius 2 is 2.35 bits per heavy atom. The highest BCUT2D eigenvalue weighted by molar-refractivity contribution is 6.04. The molecule has 2 rings (SSSR count). The molecule has 104 valence electrons. The van der Waals surface area contributed by atoms with Crippen LogP contribution >= 0.6 is 0 Å². The molecule has 0 atom stereocenters. The lowest BCUT2D eigenvalue weighted by Crippen LogP contribution is -2.09. The third kappa shape index (κ3) is 2.43. The predicted octanol–water partition coefficient (Wildman–Crippen LogP) is 1.80. The summed E-state index contributed by atoms with van der Waals surface area (Å²) in [5.41, 5.74) is 2.11. The van der Waals surface area contributed by atoms with Gasteiger partial charge in [0.25, 0.3) is 0 Å². The number of fused-ring (bicyclic) bond motifs is 1. The van der Waals surface area contributed by atoms with Crippen LogP contribution in [0, 0.1) is 19.3 Å². The Morgan fingerprint density at radius 1 is 1.60 bits per heavy atom. The van der Waals surface area contributed by atoms with Crippen molar-refractivity contribution in [2.24, 2.45) is 7.05 Å². The number of hydrogen-bond donors (Lipinski definition) is 2. The molecule has 2 aromatic heterocycles. The Hall–Kier alpha value is -2.55. The number of rotatable bonds is 5. The van der Waals surface area contributed by atoms with Crippen LogP contribution in [0.25, 0.3) is 11.0 Å². The number of terminal acetylenes is 1. The normalized spacial score (nSPS) is 10.4. The quantitative estimate of drug-likeness (QED) is 0.641. The van der Waals surface area contributed by atoms with Crippen molar-refractivity contribution in [1.29, 1.82) is 0 Å². The maximum atomic E-state index is 11.3. The van der Waals surface area contributed by atoms with Crippen LogP contribution in [0.1, 0.15) is 28.9 Å². The second-order valence-electron chi connectivity index (χ2n) is 4.49. The van der Waals surface area contributed by atoms with Gasteiger partial charge in [-0.05, 0) is 13.3 Å². The molecule has 0 radical (unpaired) electrons. The first-order valence-corrected chi connectivity index (χ1v) is 6.29. The van der Waals surface area contributed by atoms with E-state index >= 15 is 0 Å². The van der Waals surface area contributed by atoms with Crippen LogP contribution in [0.3, 0.4) is 0 Å². The highest BCUT2D eigenvalue weighted by atomic mass is 16.4. The summed E-state index contributed by atoms with van der Waals surface area (Å²) in [4.78, 5) is 15.5. The standard InChI is InChI=1S/C14H16N4O2/c1-4-5-6-7-15-12-10(14(19)20)8-16-13-11(12)9(2)17-18(13)3/h1,8H,5-7H2,2-3H3,(H,15,16)(H,19,20). The van der Waals surface area contributed by atoms with E-state index in [0.717, 1.165) is 17.5 Å². The smallest absolute Gasteiger partial charge is 0.339 e. The zero-order valence-electron chi connectivity index (χ0n) is 11.5. The SMILES string of the molecule is C#CCCCNc1c(C(=O)O)cnc2c1c(C)nn2C. The molecule has 2 heterocycles. The fourth-order valence-corrected chi connectivity index (χ4v) is 2.16. The number of aromatic carboxylic acids is 1. The van der Waals surface area contributed by atoms with Gasteiger partial charge >= 0.3 is 5.97 Å². The minimum Gasteiger partial charge on any atom is -0.478 e. The molecule has 0 aromatic carbocycles.